The normalized spacial score (nSPS) is 16.9. The van der Waals surface area contributed by atoms with E-state index in [-0.39, 0.29) is 6.04 Å². The van der Waals surface area contributed by atoms with E-state index in [0.717, 1.165) is 19.5 Å². The van der Waals surface area contributed by atoms with Crippen molar-refractivity contribution in [1.29, 1.82) is 0 Å². The third-order valence-corrected chi connectivity index (χ3v) is 4.95. The third kappa shape index (κ3) is 2.39. The summed E-state index contributed by atoms with van der Waals surface area (Å²) in [6.45, 7) is 11.0. The van der Waals surface area contributed by atoms with Gasteiger partial charge in [0.25, 0.3) is 0 Å². The van der Waals surface area contributed by atoms with Crippen LogP contribution in [-0.2, 0) is 26.6 Å². The van der Waals surface area contributed by atoms with Crippen LogP contribution in [0.4, 0.5) is 0 Å². The van der Waals surface area contributed by atoms with Crippen LogP contribution in [0.15, 0.2) is 12.1 Å². The molecular weight excluding hydrogens is 258 g/mol. The zero-order valence-corrected chi connectivity index (χ0v) is 13.9. The van der Waals surface area contributed by atoms with Crippen LogP contribution in [0.25, 0.3) is 10.9 Å². The molecule has 114 valence electrons. The molecule has 0 radical (unpaired) electrons. The lowest BCUT2D eigenvalue weighted by Crippen LogP contribution is -2.24. The molecule has 0 aliphatic carbocycles. The van der Waals surface area contributed by atoms with Gasteiger partial charge in [0.15, 0.2) is 0 Å². The topological polar surface area (TPSA) is 34.2 Å². The number of hydrogen-bond acceptors (Lipinski definition) is 2. The second-order valence-electron chi connectivity index (χ2n) is 6.94. The molecule has 0 saturated carbocycles. The van der Waals surface area contributed by atoms with Crippen LogP contribution >= 0.6 is 0 Å². The van der Waals surface area contributed by atoms with Crippen LogP contribution in [0.1, 0.15) is 43.2 Å². The lowest BCUT2D eigenvalue weighted by Gasteiger charge is -2.18. The minimum absolute atomic E-state index is 0.203. The fourth-order valence-electron chi connectivity index (χ4n) is 3.51. The molecule has 1 atom stereocenters. The van der Waals surface area contributed by atoms with Gasteiger partial charge in [-0.15, -0.1) is 0 Å². The molecule has 0 fully saturated rings. The molecule has 3 rings (SSSR count). The van der Waals surface area contributed by atoms with Crippen molar-refractivity contribution in [2.45, 2.75) is 59.3 Å². The van der Waals surface area contributed by atoms with Gasteiger partial charge < -0.3 is 10.3 Å². The molecule has 0 saturated heterocycles. The van der Waals surface area contributed by atoms with E-state index in [1.54, 1.807) is 0 Å². The summed E-state index contributed by atoms with van der Waals surface area (Å²) in [5.41, 5.74) is 13.2. The molecule has 2 heterocycles. The number of aryl methyl sites for hydroxylation is 1. The number of rotatable bonds is 3. The second kappa shape index (κ2) is 5.15. The molecule has 1 aliphatic heterocycles. The van der Waals surface area contributed by atoms with Gasteiger partial charge in [0.1, 0.15) is 0 Å². The summed E-state index contributed by atoms with van der Waals surface area (Å²) in [6, 6.07) is 5.61. The van der Waals surface area contributed by atoms with E-state index in [9.17, 15) is 0 Å². The Balaban J connectivity index is 2.12. The number of hydrogen-bond donors (Lipinski definition) is 1. The fourth-order valence-corrected chi connectivity index (χ4v) is 3.51. The third-order valence-electron chi connectivity index (χ3n) is 4.95. The zero-order chi connectivity index (χ0) is 15.3. The number of aromatic nitrogens is 1. The first-order chi connectivity index (χ1) is 9.88. The summed E-state index contributed by atoms with van der Waals surface area (Å²) in [5.74, 6) is 0. The summed E-state index contributed by atoms with van der Waals surface area (Å²) in [6.07, 6.45) is 0.954. The maximum Gasteiger partial charge on any atom is 0.0486 e. The van der Waals surface area contributed by atoms with Crippen molar-refractivity contribution in [2.24, 2.45) is 12.8 Å². The summed E-state index contributed by atoms with van der Waals surface area (Å²) in [5, 5.41) is 1.40. The van der Waals surface area contributed by atoms with Crippen LogP contribution < -0.4 is 5.73 Å². The van der Waals surface area contributed by atoms with Crippen molar-refractivity contribution in [1.82, 2.24) is 9.47 Å². The first-order valence-electron chi connectivity index (χ1n) is 7.97. The summed E-state index contributed by atoms with van der Waals surface area (Å²) < 4.78 is 2.32. The summed E-state index contributed by atoms with van der Waals surface area (Å²) >= 11 is 0. The Morgan fingerprint density at radius 2 is 1.76 bits per heavy atom. The molecule has 0 spiro atoms. The average molecular weight is 285 g/mol. The predicted molar refractivity (Wildman–Crippen MR) is 89.4 cm³/mol. The lowest BCUT2D eigenvalue weighted by atomic mass is 10.0. The molecule has 21 heavy (non-hydrogen) atoms. The van der Waals surface area contributed by atoms with Gasteiger partial charge in [-0.2, -0.15) is 0 Å². The van der Waals surface area contributed by atoms with E-state index < -0.39 is 0 Å². The van der Waals surface area contributed by atoms with Gasteiger partial charge in [0, 0.05) is 48.8 Å². The molecule has 1 unspecified atom stereocenters. The molecule has 3 nitrogen and oxygen atoms in total. The highest BCUT2D eigenvalue weighted by molar-refractivity contribution is 5.87. The molecule has 2 aromatic rings. The van der Waals surface area contributed by atoms with E-state index in [1.165, 1.54) is 33.3 Å². The Morgan fingerprint density at radius 1 is 1.14 bits per heavy atom. The van der Waals surface area contributed by atoms with Crippen LogP contribution in [-0.4, -0.2) is 21.6 Å². The van der Waals surface area contributed by atoms with E-state index in [0.29, 0.717) is 6.04 Å². The van der Waals surface area contributed by atoms with Crippen LogP contribution in [0.3, 0.4) is 0 Å². The van der Waals surface area contributed by atoms with Gasteiger partial charge in [-0.05, 0) is 62.9 Å². The van der Waals surface area contributed by atoms with E-state index in [2.05, 4.69) is 56.3 Å². The van der Waals surface area contributed by atoms with Gasteiger partial charge in [0.05, 0.1) is 0 Å². The highest BCUT2D eigenvalue weighted by Gasteiger charge is 2.23. The zero-order valence-electron chi connectivity index (χ0n) is 13.9. The molecule has 1 aliphatic rings. The minimum Gasteiger partial charge on any atom is -0.348 e. The van der Waals surface area contributed by atoms with Crippen LogP contribution in [0.2, 0.25) is 0 Å². The monoisotopic (exact) mass is 285 g/mol. The predicted octanol–water partition coefficient (Wildman–Crippen LogP) is 3.10. The number of fused-ring (bicyclic) bond motifs is 2. The smallest absolute Gasteiger partial charge is 0.0486 e. The van der Waals surface area contributed by atoms with Crippen molar-refractivity contribution < 1.29 is 0 Å². The Kier molecular flexibility index (Phi) is 3.58. The molecule has 2 N–H and O–H groups in total. The standard InChI is InChI=1S/C18H27N3/c1-11(2)21-9-14-7-17-16(6-12(3)19)13(4)20(5)18(17)8-15(14)10-21/h7-8,11-12H,6,9-10,19H2,1-5H3. The molecule has 0 bridgehead atoms. The Labute approximate surface area is 127 Å². The fraction of sp³-hybridized carbons (Fsp3) is 0.556. The van der Waals surface area contributed by atoms with Crippen molar-refractivity contribution in [3.63, 3.8) is 0 Å². The average Bonchev–Trinajstić information content (AvgIpc) is 2.92. The molecule has 0 amide bonds. The van der Waals surface area contributed by atoms with Gasteiger partial charge in [-0.1, -0.05) is 0 Å². The molecule has 1 aromatic carbocycles. The Bertz CT molecular complexity index is 680. The Hall–Kier alpha value is -1.32. The van der Waals surface area contributed by atoms with Gasteiger partial charge >= 0.3 is 0 Å². The van der Waals surface area contributed by atoms with Crippen molar-refractivity contribution in [3.05, 3.63) is 34.5 Å². The maximum atomic E-state index is 6.05. The number of benzene rings is 1. The number of nitrogens with zero attached hydrogens (tertiary/aromatic N) is 2. The first-order valence-corrected chi connectivity index (χ1v) is 7.97. The quantitative estimate of drug-likeness (QED) is 0.940. The van der Waals surface area contributed by atoms with Crippen molar-refractivity contribution in [3.8, 4) is 0 Å². The second-order valence-corrected chi connectivity index (χ2v) is 6.94. The SMILES string of the molecule is Cc1c(CC(C)N)c2cc3c(cc2n1C)CN(C(C)C)C3. The summed E-state index contributed by atoms with van der Waals surface area (Å²) in [4.78, 5) is 2.53. The van der Waals surface area contributed by atoms with Crippen molar-refractivity contribution >= 4 is 10.9 Å². The van der Waals surface area contributed by atoms with Gasteiger partial charge in [0.2, 0.25) is 0 Å². The maximum absolute atomic E-state index is 6.05. The summed E-state index contributed by atoms with van der Waals surface area (Å²) in [7, 11) is 2.17. The van der Waals surface area contributed by atoms with Crippen LogP contribution in [0.5, 0.6) is 0 Å². The highest BCUT2D eigenvalue weighted by atomic mass is 15.2. The van der Waals surface area contributed by atoms with Gasteiger partial charge in [-0.25, -0.2) is 0 Å². The van der Waals surface area contributed by atoms with Crippen LogP contribution in [0, 0.1) is 6.92 Å². The molecular formula is C18H27N3. The lowest BCUT2D eigenvalue weighted by molar-refractivity contribution is 0.227. The van der Waals surface area contributed by atoms with Crippen molar-refractivity contribution in [2.75, 3.05) is 0 Å². The van der Waals surface area contributed by atoms with E-state index in [4.69, 9.17) is 5.73 Å². The highest BCUT2D eigenvalue weighted by Crippen LogP contribution is 2.33. The largest absolute Gasteiger partial charge is 0.348 e. The minimum atomic E-state index is 0.203. The first kappa shape index (κ1) is 14.6. The van der Waals surface area contributed by atoms with E-state index in [1.807, 2.05) is 0 Å². The molecule has 3 heteroatoms. The van der Waals surface area contributed by atoms with E-state index >= 15 is 0 Å². The Morgan fingerprint density at radius 3 is 2.33 bits per heavy atom. The van der Waals surface area contributed by atoms with Gasteiger partial charge in [-0.3, -0.25) is 4.90 Å². The molecule has 1 aromatic heterocycles. The number of nitrogens with two attached hydrogens (primary N) is 1.